The molecule has 294 valence electrons. The summed E-state index contributed by atoms with van der Waals surface area (Å²) in [6.07, 6.45) is 10.3. The van der Waals surface area contributed by atoms with Gasteiger partial charge in [-0.05, 0) is 67.3 Å². The number of hydrogen-bond acceptors (Lipinski definition) is 2. The zero-order valence-corrected chi connectivity index (χ0v) is 37.7. The topological polar surface area (TPSA) is 18.5 Å². The molecule has 0 saturated heterocycles. The molecule has 4 rings (SSSR count). The molecule has 0 saturated carbocycles. The highest BCUT2D eigenvalue weighted by Crippen LogP contribution is 2.38. The van der Waals surface area contributed by atoms with Gasteiger partial charge < -0.3 is 8.85 Å². The van der Waals surface area contributed by atoms with Crippen molar-refractivity contribution in [3.05, 3.63) is 121 Å². The first kappa shape index (κ1) is 44.0. The summed E-state index contributed by atoms with van der Waals surface area (Å²) in [5.74, 6) is 2.63. The number of hydrogen-bond donors (Lipinski definition) is 0. The van der Waals surface area contributed by atoms with Crippen molar-refractivity contribution in [2.75, 3.05) is 13.2 Å². The fourth-order valence-electron chi connectivity index (χ4n) is 8.71. The molecule has 54 heavy (non-hydrogen) atoms. The van der Waals surface area contributed by atoms with E-state index in [1.54, 1.807) is 0 Å². The van der Waals surface area contributed by atoms with Gasteiger partial charge in [0.2, 0.25) is 0 Å². The van der Waals surface area contributed by atoms with E-state index in [0.29, 0.717) is 11.8 Å². The third kappa shape index (κ3) is 11.4. The summed E-state index contributed by atoms with van der Waals surface area (Å²) in [5, 5.41) is 5.54. The van der Waals surface area contributed by atoms with Gasteiger partial charge in [-0.1, -0.05) is 229 Å². The summed E-state index contributed by atoms with van der Waals surface area (Å²) < 4.78 is 14.5. The highest BCUT2D eigenvalue weighted by atomic mass is 28.4. The molecule has 4 aromatic carbocycles. The molecule has 4 aromatic rings. The zero-order chi connectivity index (χ0) is 39.2. The molecule has 0 aliphatic carbocycles. The smallest absolute Gasteiger partial charge is 0.261 e. The Bertz CT molecular complexity index is 1390. The van der Waals surface area contributed by atoms with E-state index in [1.165, 1.54) is 72.1 Å². The van der Waals surface area contributed by atoms with Crippen LogP contribution in [0.5, 0.6) is 0 Å². The molecule has 0 N–H and O–H groups in total. The first-order chi connectivity index (χ1) is 25.7. The zero-order valence-electron chi connectivity index (χ0n) is 35.7. The SMILES string of the molecule is C[C@@H](CCC[C@@H](C)CO[Si](c1ccccc1)(c1ccccc1)C(C)(C)C)CC[C@@H](C)CCC[C@@H](C)CO[Si](c1ccccc1)(c1ccccc1)C(C)(C)C. The highest BCUT2D eigenvalue weighted by Gasteiger charge is 2.51. The second-order valence-corrected chi connectivity index (χ2v) is 27.4. The van der Waals surface area contributed by atoms with Gasteiger partial charge in [-0.25, -0.2) is 0 Å². The summed E-state index contributed by atoms with van der Waals surface area (Å²) in [6.45, 7) is 25.6. The van der Waals surface area contributed by atoms with Crippen LogP contribution in [0.15, 0.2) is 121 Å². The van der Waals surface area contributed by atoms with Crippen LogP contribution in [0.4, 0.5) is 0 Å². The third-order valence-electron chi connectivity index (χ3n) is 11.9. The summed E-state index contributed by atoms with van der Waals surface area (Å²) in [7, 11) is -4.94. The van der Waals surface area contributed by atoms with E-state index in [1.807, 2.05) is 0 Å². The Morgan fingerprint density at radius 3 is 0.852 bits per heavy atom. The molecule has 0 bridgehead atoms. The Hall–Kier alpha value is -2.77. The summed E-state index contributed by atoms with van der Waals surface area (Å²) >= 11 is 0. The molecule has 0 heterocycles. The van der Waals surface area contributed by atoms with Crippen molar-refractivity contribution in [3.63, 3.8) is 0 Å². The first-order valence-electron chi connectivity index (χ1n) is 21.2. The van der Waals surface area contributed by atoms with Crippen molar-refractivity contribution in [3.8, 4) is 0 Å². The van der Waals surface area contributed by atoms with Crippen molar-refractivity contribution in [2.24, 2.45) is 23.7 Å². The Labute approximate surface area is 333 Å². The maximum Gasteiger partial charge on any atom is 0.261 e. The minimum atomic E-state index is -2.47. The fourth-order valence-corrected chi connectivity index (χ4v) is 18.1. The molecule has 2 nitrogen and oxygen atoms in total. The van der Waals surface area contributed by atoms with E-state index >= 15 is 0 Å². The van der Waals surface area contributed by atoms with Crippen LogP contribution < -0.4 is 20.7 Å². The average molecular weight is 763 g/mol. The Balaban J connectivity index is 1.20. The lowest BCUT2D eigenvalue weighted by atomic mass is 9.90. The van der Waals surface area contributed by atoms with Gasteiger partial charge in [-0.3, -0.25) is 0 Å². The van der Waals surface area contributed by atoms with Crippen molar-refractivity contribution in [1.82, 2.24) is 0 Å². The normalized spacial score (nSPS) is 15.1. The van der Waals surface area contributed by atoms with Crippen LogP contribution in [0.3, 0.4) is 0 Å². The van der Waals surface area contributed by atoms with E-state index in [-0.39, 0.29) is 10.1 Å². The van der Waals surface area contributed by atoms with Gasteiger partial charge in [-0.15, -0.1) is 0 Å². The van der Waals surface area contributed by atoms with Gasteiger partial charge >= 0.3 is 0 Å². The molecule has 4 atom stereocenters. The predicted molar refractivity (Wildman–Crippen MR) is 241 cm³/mol. The first-order valence-corrected chi connectivity index (χ1v) is 25.0. The van der Waals surface area contributed by atoms with E-state index in [0.717, 1.165) is 25.0 Å². The standard InChI is InChI=1S/C50H74O2Si2/c1-41(25-23-27-43(3)39-51-53(49(5,6)7,45-29-15-11-16-30-45)46-31-17-12-18-32-46)37-38-42(2)26-24-28-44(4)40-52-54(50(8,9)10,47-33-19-13-20-34-47)48-35-21-14-22-36-48/h11-22,29-36,41-44H,23-28,37-40H2,1-10H3/t41-,42-,43+,44+/m0/s1. The summed E-state index contributed by atoms with van der Waals surface area (Å²) in [5.41, 5.74) is 0. The molecule has 4 heteroatoms. The molecule has 0 radical (unpaired) electrons. The molecular weight excluding hydrogens is 689 g/mol. The minimum Gasteiger partial charge on any atom is -0.407 e. The lowest BCUT2D eigenvalue weighted by Crippen LogP contribution is -2.66. The number of rotatable bonds is 21. The predicted octanol–water partition coefficient (Wildman–Crippen LogP) is 11.8. The van der Waals surface area contributed by atoms with Crippen LogP contribution >= 0.6 is 0 Å². The maximum atomic E-state index is 7.24. The summed E-state index contributed by atoms with van der Waals surface area (Å²) in [6, 6.07) is 44.3. The Kier molecular flexibility index (Phi) is 16.6. The molecule has 0 aliphatic rings. The van der Waals surface area contributed by atoms with Crippen molar-refractivity contribution < 1.29 is 8.85 Å². The molecular formula is C50H74O2Si2. The maximum absolute atomic E-state index is 7.24. The van der Waals surface area contributed by atoms with Crippen LogP contribution in [0, 0.1) is 23.7 Å². The second kappa shape index (κ2) is 20.4. The van der Waals surface area contributed by atoms with E-state index in [4.69, 9.17) is 8.85 Å². The van der Waals surface area contributed by atoms with Gasteiger partial charge in [0, 0.05) is 13.2 Å². The van der Waals surface area contributed by atoms with Gasteiger partial charge in [0.25, 0.3) is 16.6 Å². The van der Waals surface area contributed by atoms with E-state index in [2.05, 4.69) is 191 Å². The number of benzene rings is 4. The van der Waals surface area contributed by atoms with E-state index in [9.17, 15) is 0 Å². The lowest BCUT2D eigenvalue weighted by molar-refractivity contribution is 0.230. The van der Waals surface area contributed by atoms with Crippen LogP contribution in [0.25, 0.3) is 0 Å². The van der Waals surface area contributed by atoms with Gasteiger partial charge in [0.05, 0.1) is 0 Å². The lowest BCUT2D eigenvalue weighted by Gasteiger charge is -2.43. The van der Waals surface area contributed by atoms with Gasteiger partial charge in [0.1, 0.15) is 0 Å². The van der Waals surface area contributed by atoms with Gasteiger partial charge in [0.15, 0.2) is 0 Å². The third-order valence-corrected chi connectivity index (χ3v) is 22.0. The fraction of sp³-hybridized carbons (Fsp3) is 0.520. The monoisotopic (exact) mass is 763 g/mol. The van der Waals surface area contributed by atoms with Crippen molar-refractivity contribution >= 4 is 37.4 Å². The van der Waals surface area contributed by atoms with Crippen molar-refractivity contribution in [2.45, 2.75) is 131 Å². The second-order valence-electron chi connectivity index (χ2n) is 18.8. The highest BCUT2D eigenvalue weighted by molar-refractivity contribution is 7.00. The quantitative estimate of drug-likeness (QED) is 0.0787. The van der Waals surface area contributed by atoms with Crippen LogP contribution in [0.2, 0.25) is 10.1 Å². The van der Waals surface area contributed by atoms with Crippen molar-refractivity contribution in [1.29, 1.82) is 0 Å². The average Bonchev–Trinajstić information content (AvgIpc) is 3.15. The molecule has 0 aromatic heterocycles. The van der Waals surface area contributed by atoms with Crippen LogP contribution in [-0.4, -0.2) is 29.8 Å². The van der Waals surface area contributed by atoms with Gasteiger partial charge in [-0.2, -0.15) is 0 Å². The van der Waals surface area contributed by atoms with Crippen LogP contribution in [0.1, 0.15) is 121 Å². The molecule has 0 amide bonds. The Morgan fingerprint density at radius 1 is 0.370 bits per heavy atom. The molecule has 0 fully saturated rings. The van der Waals surface area contributed by atoms with Crippen LogP contribution in [-0.2, 0) is 8.85 Å². The molecule has 0 spiro atoms. The Morgan fingerprint density at radius 2 is 0.611 bits per heavy atom. The minimum absolute atomic E-state index is 0.0247. The molecule has 0 aliphatic heterocycles. The van der Waals surface area contributed by atoms with E-state index < -0.39 is 16.6 Å². The largest absolute Gasteiger partial charge is 0.407 e. The molecule has 0 unspecified atom stereocenters. The summed E-state index contributed by atoms with van der Waals surface area (Å²) in [4.78, 5) is 0.